The van der Waals surface area contributed by atoms with Crippen molar-refractivity contribution in [3.05, 3.63) is 46.5 Å². The van der Waals surface area contributed by atoms with Gasteiger partial charge in [0.05, 0.1) is 48.5 Å². The van der Waals surface area contributed by atoms with E-state index in [9.17, 15) is 22.4 Å². The van der Waals surface area contributed by atoms with Crippen LogP contribution in [0, 0.1) is 5.82 Å². The van der Waals surface area contributed by atoms with Crippen LogP contribution in [0.5, 0.6) is 5.75 Å². The van der Waals surface area contributed by atoms with Crippen LogP contribution in [0.2, 0.25) is 0 Å². The van der Waals surface area contributed by atoms with E-state index < -0.39 is 35.9 Å². The molecule has 1 amide bonds. The summed E-state index contributed by atoms with van der Waals surface area (Å²) in [5, 5.41) is 10.8. The molecule has 0 spiro atoms. The molecule has 1 aromatic carbocycles. The summed E-state index contributed by atoms with van der Waals surface area (Å²) in [5.74, 6) is -1.74. The molecule has 3 atom stereocenters. The Morgan fingerprint density at radius 1 is 1.40 bits per heavy atom. The van der Waals surface area contributed by atoms with E-state index in [4.69, 9.17) is 15.2 Å². The Kier molecular flexibility index (Phi) is 7.67. The second-order valence-electron chi connectivity index (χ2n) is 8.02. The molecule has 35 heavy (non-hydrogen) atoms. The van der Waals surface area contributed by atoms with Crippen LogP contribution in [0.25, 0.3) is 10.6 Å². The molecule has 13 heteroatoms. The normalized spacial score (nSPS) is 20.6. The zero-order valence-corrected chi connectivity index (χ0v) is 19.4. The number of anilines is 1. The van der Waals surface area contributed by atoms with E-state index >= 15 is 0 Å². The standard InChI is InChI=1S/C22H23F4N5O3S/c1-33-17-5-3-11(20(25)26)19(24)18(17)22-30-16(9-35-22)21(32)29-15-7-28-31-14(15)6-10-2-4-13(27)12(23)8-34-10/h3,5,7,9-10,12-13,20H,2,4,6,8,27H2,1H3,(H,28,31)(H,29,32)/t10-,12+,13+/m0/s1. The van der Waals surface area contributed by atoms with Crippen molar-refractivity contribution in [1.29, 1.82) is 0 Å². The number of aromatic nitrogens is 3. The monoisotopic (exact) mass is 513 g/mol. The number of hydrogen-bond acceptors (Lipinski definition) is 7. The molecule has 3 heterocycles. The fraction of sp³-hybridized carbons (Fsp3) is 0.409. The van der Waals surface area contributed by atoms with Gasteiger partial charge in [-0.3, -0.25) is 9.89 Å². The molecule has 2 aromatic heterocycles. The van der Waals surface area contributed by atoms with Crippen molar-refractivity contribution in [3.63, 3.8) is 0 Å². The van der Waals surface area contributed by atoms with Gasteiger partial charge in [-0.2, -0.15) is 5.10 Å². The van der Waals surface area contributed by atoms with E-state index in [0.717, 1.165) is 17.4 Å². The number of carbonyl (C=O) groups is 1. The van der Waals surface area contributed by atoms with Crippen molar-refractivity contribution in [1.82, 2.24) is 15.2 Å². The Morgan fingerprint density at radius 3 is 2.94 bits per heavy atom. The summed E-state index contributed by atoms with van der Waals surface area (Å²) in [4.78, 5) is 16.9. The number of benzene rings is 1. The van der Waals surface area contributed by atoms with Crippen LogP contribution < -0.4 is 15.8 Å². The lowest BCUT2D eigenvalue weighted by atomic mass is 10.0. The summed E-state index contributed by atoms with van der Waals surface area (Å²) in [6.07, 6.45) is -1.78. The lowest BCUT2D eigenvalue weighted by Crippen LogP contribution is -2.32. The summed E-state index contributed by atoms with van der Waals surface area (Å²) < 4.78 is 65.6. The Bertz CT molecular complexity index is 1180. The Morgan fingerprint density at radius 2 is 2.20 bits per heavy atom. The van der Waals surface area contributed by atoms with Gasteiger partial charge in [-0.05, 0) is 25.0 Å². The van der Waals surface area contributed by atoms with Crippen LogP contribution in [0.3, 0.4) is 0 Å². The lowest BCUT2D eigenvalue weighted by Gasteiger charge is -2.15. The average molecular weight is 514 g/mol. The molecule has 1 aliphatic heterocycles. The van der Waals surface area contributed by atoms with Gasteiger partial charge < -0.3 is 20.5 Å². The number of amides is 1. The molecule has 0 aliphatic carbocycles. The first-order valence-electron chi connectivity index (χ1n) is 10.7. The molecule has 4 rings (SSSR count). The summed E-state index contributed by atoms with van der Waals surface area (Å²) in [6, 6.07) is 1.60. The zero-order chi connectivity index (χ0) is 25.1. The van der Waals surface area contributed by atoms with Crippen molar-refractivity contribution in [2.24, 2.45) is 5.73 Å². The number of rotatable bonds is 7. The van der Waals surface area contributed by atoms with Crippen LogP contribution >= 0.6 is 11.3 Å². The van der Waals surface area contributed by atoms with E-state index in [1.54, 1.807) is 0 Å². The fourth-order valence-corrected chi connectivity index (χ4v) is 4.59. The quantitative estimate of drug-likeness (QED) is 0.407. The van der Waals surface area contributed by atoms with Crippen LogP contribution in [-0.2, 0) is 11.2 Å². The first-order valence-corrected chi connectivity index (χ1v) is 11.6. The SMILES string of the molecule is COc1ccc(C(F)F)c(F)c1-c1nc(C(=O)Nc2cn[nH]c2C[C@@H]2CC[C@@H](N)[C@H](F)CO2)cs1. The number of nitrogens with zero attached hydrogens (tertiary/aromatic N) is 2. The van der Waals surface area contributed by atoms with Gasteiger partial charge in [0.2, 0.25) is 0 Å². The number of H-pyrrole nitrogens is 1. The third-order valence-electron chi connectivity index (χ3n) is 5.72. The van der Waals surface area contributed by atoms with Gasteiger partial charge in [0.1, 0.15) is 28.4 Å². The maximum atomic E-state index is 14.8. The van der Waals surface area contributed by atoms with Gasteiger partial charge in [0, 0.05) is 17.8 Å². The highest BCUT2D eigenvalue weighted by Crippen LogP contribution is 2.38. The predicted molar refractivity (Wildman–Crippen MR) is 121 cm³/mol. The summed E-state index contributed by atoms with van der Waals surface area (Å²) >= 11 is 0.915. The number of alkyl halides is 3. The number of methoxy groups -OCH3 is 1. The van der Waals surface area contributed by atoms with Crippen molar-refractivity contribution in [3.8, 4) is 16.3 Å². The van der Waals surface area contributed by atoms with Gasteiger partial charge in [-0.25, -0.2) is 22.5 Å². The van der Waals surface area contributed by atoms with Gasteiger partial charge in [-0.15, -0.1) is 11.3 Å². The molecule has 3 aromatic rings. The highest BCUT2D eigenvalue weighted by molar-refractivity contribution is 7.13. The molecule has 0 unspecified atom stereocenters. The van der Waals surface area contributed by atoms with Gasteiger partial charge in [0.15, 0.2) is 0 Å². The molecule has 1 fully saturated rings. The smallest absolute Gasteiger partial charge is 0.275 e. The van der Waals surface area contributed by atoms with Crippen molar-refractivity contribution in [2.45, 2.75) is 44.0 Å². The maximum Gasteiger partial charge on any atom is 0.275 e. The molecular weight excluding hydrogens is 490 g/mol. The Labute approximate surface area is 201 Å². The van der Waals surface area contributed by atoms with E-state index in [1.807, 2.05) is 0 Å². The molecule has 0 bridgehead atoms. The third-order valence-corrected chi connectivity index (χ3v) is 6.58. The molecule has 188 valence electrons. The number of aromatic amines is 1. The van der Waals surface area contributed by atoms with Crippen molar-refractivity contribution in [2.75, 3.05) is 19.0 Å². The van der Waals surface area contributed by atoms with Crippen LogP contribution in [0.15, 0.2) is 23.7 Å². The second kappa shape index (κ2) is 10.7. The Balaban J connectivity index is 1.50. The third kappa shape index (κ3) is 5.46. The molecule has 0 radical (unpaired) electrons. The molecular formula is C22H23F4N5O3S. The number of nitrogens with one attached hydrogen (secondary N) is 2. The number of thiazole rings is 1. The maximum absolute atomic E-state index is 14.8. The van der Waals surface area contributed by atoms with Crippen LogP contribution in [0.1, 0.15) is 41.0 Å². The number of hydrogen-bond donors (Lipinski definition) is 3. The minimum absolute atomic E-state index is 0.0170. The first kappa shape index (κ1) is 25.1. The molecule has 8 nitrogen and oxygen atoms in total. The highest BCUT2D eigenvalue weighted by atomic mass is 32.1. The Hall–Kier alpha value is -3.03. The van der Waals surface area contributed by atoms with Crippen LogP contribution in [-0.4, -0.2) is 53.1 Å². The van der Waals surface area contributed by atoms with Crippen LogP contribution in [0.4, 0.5) is 23.2 Å². The zero-order valence-electron chi connectivity index (χ0n) is 18.6. The van der Waals surface area contributed by atoms with Crippen molar-refractivity contribution >= 4 is 22.9 Å². The van der Waals surface area contributed by atoms with Crippen molar-refractivity contribution < 1.29 is 31.8 Å². The second-order valence-corrected chi connectivity index (χ2v) is 8.88. The van der Waals surface area contributed by atoms with Gasteiger partial charge in [0.25, 0.3) is 12.3 Å². The number of halogens is 4. The first-order chi connectivity index (χ1) is 16.8. The molecule has 4 N–H and O–H groups in total. The highest BCUT2D eigenvalue weighted by Gasteiger charge is 2.27. The number of carbonyl (C=O) groups excluding carboxylic acids is 1. The predicted octanol–water partition coefficient (Wildman–Crippen LogP) is 4.26. The number of nitrogens with two attached hydrogens (primary N) is 1. The van der Waals surface area contributed by atoms with Gasteiger partial charge in [-0.1, -0.05) is 0 Å². The fourth-order valence-electron chi connectivity index (χ4n) is 3.75. The largest absolute Gasteiger partial charge is 0.496 e. The minimum atomic E-state index is -3.02. The molecule has 1 saturated heterocycles. The minimum Gasteiger partial charge on any atom is -0.496 e. The van der Waals surface area contributed by atoms with Gasteiger partial charge >= 0.3 is 0 Å². The van der Waals surface area contributed by atoms with E-state index in [1.165, 1.54) is 24.8 Å². The molecule has 0 saturated carbocycles. The lowest BCUT2D eigenvalue weighted by molar-refractivity contribution is 0.0295. The average Bonchev–Trinajstić information content (AvgIpc) is 3.46. The van der Waals surface area contributed by atoms with E-state index in [0.29, 0.717) is 30.6 Å². The molecule has 1 aliphatic rings. The van der Waals surface area contributed by atoms with E-state index in [-0.39, 0.29) is 34.7 Å². The topological polar surface area (TPSA) is 115 Å². The van der Waals surface area contributed by atoms with E-state index in [2.05, 4.69) is 20.5 Å². The number of ether oxygens (including phenoxy) is 2. The summed E-state index contributed by atoms with van der Waals surface area (Å²) in [6.45, 7) is -0.101. The summed E-state index contributed by atoms with van der Waals surface area (Å²) in [7, 11) is 1.28. The summed E-state index contributed by atoms with van der Waals surface area (Å²) in [5.41, 5.74) is 5.64.